The Morgan fingerprint density at radius 3 is 2.44 bits per heavy atom. The van der Waals surface area contributed by atoms with Crippen molar-refractivity contribution in [1.29, 1.82) is 0 Å². The third-order valence-electron chi connectivity index (χ3n) is 4.21. The number of rotatable bonds is 4. The molecule has 0 bridgehead atoms. The van der Waals surface area contributed by atoms with E-state index in [1.165, 1.54) is 12.1 Å². The van der Waals surface area contributed by atoms with E-state index in [4.69, 9.17) is 9.52 Å². The van der Waals surface area contributed by atoms with Crippen molar-refractivity contribution < 1.29 is 9.34 Å². The van der Waals surface area contributed by atoms with E-state index in [1.807, 2.05) is 47.5 Å². The summed E-state index contributed by atoms with van der Waals surface area (Å²) in [5.41, 5.74) is 2.87. The van der Waals surface area contributed by atoms with Gasteiger partial charge in [-0.1, -0.05) is 30.3 Å². The molecule has 0 radical (unpaired) electrons. The Hall–Kier alpha value is -3.41. The van der Waals surface area contributed by atoms with Gasteiger partial charge >= 0.3 is 0 Å². The molecule has 1 aliphatic heterocycles. The quantitative estimate of drug-likeness (QED) is 0.519. The Bertz CT molecular complexity index is 903. The van der Waals surface area contributed by atoms with Crippen molar-refractivity contribution in [2.75, 3.05) is 5.01 Å². The Morgan fingerprint density at radius 1 is 1.04 bits per heavy atom. The molecule has 1 atom stereocenters. The molecule has 0 spiro atoms. The molecular formula is C19H15N3O3. The van der Waals surface area contributed by atoms with Crippen LogP contribution in [-0.4, -0.2) is 10.6 Å². The number of hydrogen-bond acceptors (Lipinski definition) is 5. The lowest BCUT2D eigenvalue weighted by molar-refractivity contribution is -0.384. The molecule has 0 fully saturated rings. The highest BCUT2D eigenvalue weighted by atomic mass is 16.6. The maximum atomic E-state index is 10.9. The van der Waals surface area contributed by atoms with Crippen molar-refractivity contribution in [2.24, 2.45) is 5.10 Å². The lowest BCUT2D eigenvalue weighted by atomic mass is 10.0. The van der Waals surface area contributed by atoms with Crippen LogP contribution in [0.15, 0.2) is 82.5 Å². The molecule has 2 heterocycles. The minimum atomic E-state index is -0.406. The van der Waals surface area contributed by atoms with Crippen LogP contribution in [0.5, 0.6) is 0 Å². The molecular weight excluding hydrogens is 318 g/mol. The van der Waals surface area contributed by atoms with Crippen molar-refractivity contribution in [3.05, 3.63) is 94.4 Å². The summed E-state index contributed by atoms with van der Waals surface area (Å²) < 4.78 is 5.59. The number of anilines is 1. The molecule has 124 valence electrons. The second-order valence-electron chi connectivity index (χ2n) is 5.77. The van der Waals surface area contributed by atoms with Gasteiger partial charge in [-0.25, -0.2) is 0 Å². The topological polar surface area (TPSA) is 71.9 Å². The molecule has 0 N–H and O–H groups in total. The van der Waals surface area contributed by atoms with Gasteiger partial charge in [0.15, 0.2) is 0 Å². The first-order chi connectivity index (χ1) is 12.2. The fraction of sp³-hybridized carbons (Fsp3) is 0.105. The summed E-state index contributed by atoms with van der Waals surface area (Å²) in [7, 11) is 0. The van der Waals surface area contributed by atoms with Crippen LogP contribution >= 0.6 is 0 Å². The summed E-state index contributed by atoms with van der Waals surface area (Å²) in [6, 6.07) is 20.1. The van der Waals surface area contributed by atoms with Crippen molar-refractivity contribution in [2.45, 2.75) is 12.5 Å². The van der Waals surface area contributed by atoms with E-state index in [0.717, 1.165) is 22.7 Å². The van der Waals surface area contributed by atoms with Gasteiger partial charge in [0.1, 0.15) is 11.8 Å². The van der Waals surface area contributed by atoms with E-state index in [2.05, 4.69) is 0 Å². The normalized spacial score (nSPS) is 16.7. The molecule has 0 saturated carbocycles. The first-order valence-corrected chi connectivity index (χ1v) is 7.92. The van der Waals surface area contributed by atoms with Gasteiger partial charge in [-0.2, -0.15) is 5.10 Å². The maximum Gasteiger partial charge on any atom is 0.269 e. The van der Waals surface area contributed by atoms with Gasteiger partial charge in [-0.3, -0.25) is 15.1 Å². The van der Waals surface area contributed by atoms with Crippen LogP contribution in [0, 0.1) is 10.1 Å². The Kier molecular flexibility index (Phi) is 3.78. The summed E-state index contributed by atoms with van der Waals surface area (Å²) in [5.74, 6) is 0.813. The second-order valence-corrected chi connectivity index (χ2v) is 5.77. The standard InChI is InChI=1S/C19H15N3O3/c23-22(24)16-10-8-15(9-11-16)21-18(19-7-4-12-25-19)13-17(20-21)14-5-2-1-3-6-14/h1-12,18H,13H2/t18-/m1/s1. The van der Waals surface area contributed by atoms with Crippen molar-refractivity contribution in [3.8, 4) is 0 Å². The van der Waals surface area contributed by atoms with Crippen molar-refractivity contribution in [3.63, 3.8) is 0 Å². The predicted molar refractivity (Wildman–Crippen MR) is 94.6 cm³/mol. The van der Waals surface area contributed by atoms with Crippen LogP contribution in [0.4, 0.5) is 11.4 Å². The molecule has 6 heteroatoms. The van der Waals surface area contributed by atoms with Crippen molar-refractivity contribution in [1.82, 2.24) is 0 Å². The number of hydrazone groups is 1. The maximum absolute atomic E-state index is 10.9. The second kappa shape index (κ2) is 6.24. The zero-order valence-electron chi connectivity index (χ0n) is 13.3. The summed E-state index contributed by atoms with van der Waals surface area (Å²) >= 11 is 0. The lowest BCUT2D eigenvalue weighted by Crippen LogP contribution is -2.17. The predicted octanol–water partition coefficient (Wildman–Crippen LogP) is 4.54. The van der Waals surface area contributed by atoms with Crippen molar-refractivity contribution >= 4 is 17.1 Å². The van der Waals surface area contributed by atoms with Crippen LogP contribution in [0.3, 0.4) is 0 Å². The van der Waals surface area contributed by atoms with E-state index in [1.54, 1.807) is 18.4 Å². The Morgan fingerprint density at radius 2 is 1.80 bits per heavy atom. The minimum Gasteiger partial charge on any atom is -0.467 e. The van der Waals surface area contributed by atoms with Crippen LogP contribution in [0.25, 0.3) is 0 Å². The monoisotopic (exact) mass is 333 g/mol. The van der Waals surface area contributed by atoms with Gasteiger partial charge in [0.05, 0.1) is 22.6 Å². The molecule has 0 unspecified atom stereocenters. The van der Waals surface area contributed by atoms with Gasteiger partial charge < -0.3 is 4.42 Å². The highest BCUT2D eigenvalue weighted by Crippen LogP contribution is 2.37. The SMILES string of the molecule is O=[N+]([O-])c1ccc(N2N=C(c3ccccc3)C[C@@H]2c2ccco2)cc1. The average Bonchev–Trinajstić information content (AvgIpc) is 3.32. The Labute approximate surface area is 144 Å². The van der Waals surface area contributed by atoms with Gasteiger partial charge in [-0.05, 0) is 29.8 Å². The smallest absolute Gasteiger partial charge is 0.269 e. The first-order valence-electron chi connectivity index (χ1n) is 7.92. The van der Waals surface area contributed by atoms with Crippen LogP contribution in [0.2, 0.25) is 0 Å². The molecule has 2 aromatic carbocycles. The molecule has 25 heavy (non-hydrogen) atoms. The number of nitro benzene ring substituents is 1. The van der Waals surface area contributed by atoms with E-state index in [0.29, 0.717) is 6.42 Å². The van der Waals surface area contributed by atoms with Gasteiger partial charge in [0, 0.05) is 18.6 Å². The van der Waals surface area contributed by atoms with Crippen LogP contribution in [0.1, 0.15) is 23.8 Å². The highest BCUT2D eigenvalue weighted by Gasteiger charge is 2.31. The highest BCUT2D eigenvalue weighted by molar-refractivity contribution is 6.03. The molecule has 3 aromatic rings. The number of non-ortho nitro benzene ring substituents is 1. The molecule has 4 rings (SSSR count). The van der Waals surface area contributed by atoms with E-state index in [-0.39, 0.29) is 11.7 Å². The summed E-state index contributed by atoms with van der Waals surface area (Å²) in [6.07, 6.45) is 2.35. The average molecular weight is 333 g/mol. The molecule has 1 aliphatic rings. The van der Waals surface area contributed by atoms with Crippen LogP contribution in [-0.2, 0) is 0 Å². The minimum absolute atomic E-state index is 0.0600. The van der Waals surface area contributed by atoms with Gasteiger partial charge in [-0.15, -0.1) is 0 Å². The van der Waals surface area contributed by atoms with E-state index in [9.17, 15) is 10.1 Å². The molecule has 0 aliphatic carbocycles. The summed E-state index contributed by atoms with van der Waals surface area (Å²) in [5, 5.41) is 17.5. The van der Waals surface area contributed by atoms with Crippen LogP contribution < -0.4 is 5.01 Å². The summed E-state index contributed by atoms with van der Waals surface area (Å²) in [6.45, 7) is 0. The number of hydrogen-bond donors (Lipinski definition) is 0. The zero-order valence-corrected chi connectivity index (χ0v) is 13.3. The van der Waals surface area contributed by atoms with Gasteiger partial charge in [0.25, 0.3) is 5.69 Å². The molecule has 1 aromatic heterocycles. The van der Waals surface area contributed by atoms with Gasteiger partial charge in [0.2, 0.25) is 0 Å². The first kappa shape index (κ1) is 15.1. The molecule has 0 amide bonds. The number of nitrogens with zero attached hydrogens (tertiary/aromatic N) is 3. The fourth-order valence-electron chi connectivity index (χ4n) is 2.98. The molecule has 6 nitrogen and oxygen atoms in total. The Balaban J connectivity index is 1.72. The third kappa shape index (κ3) is 2.89. The third-order valence-corrected chi connectivity index (χ3v) is 4.21. The number of benzene rings is 2. The largest absolute Gasteiger partial charge is 0.467 e. The lowest BCUT2D eigenvalue weighted by Gasteiger charge is -2.21. The zero-order chi connectivity index (χ0) is 17.2. The molecule has 0 saturated heterocycles. The fourth-order valence-corrected chi connectivity index (χ4v) is 2.98. The van der Waals surface area contributed by atoms with E-state index >= 15 is 0 Å². The van der Waals surface area contributed by atoms with E-state index < -0.39 is 4.92 Å². The number of furan rings is 1. The summed E-state index contributed by atoms with van der Waals surface area (Å²) in [4.78, 5) is 10.5. The number of nitro groups is 1.